The van der Waals surface area contributed by atoms with Gasteiger partial charge in [0.25, 0.3) is 11.8 Å². The van der Waals surface area contributed by atoms with Crippen molar-refractivity contribution in [1.29, 1.82) is 0 Å². The van der Waals surface area contributed by atoms with Crippen LogP contribution in [-0.2, 0) is 14.3 Å². The summed E-state index contributed by atoms with van der Waals surface area (Å²) in [5.74, 6) is -0.560. The van der Waals surface area contributed by atoms with Crippen LogP contribution < -0.4 is 5.32 Å². The van der Waals surface area contributed by atoms with E-state index in [2.05, 4.69) is 10.2 Å². The second kappa shape index (κ2) is 9.86. The molecule has 32 heavy (non-hydrogen) atoms. The topological polar surface area (TPSA) is 61.9 Å². The Balaban J connectivity index is 1.59. The summed E-state index contributed by atoms with van der Waals surface area (Å²) in [4.78, 5) is 30.4. The number of carbonyl (C=O) groups is 2. The van der Waals surface area contributed by atoms with Crippen LogP contribution in [0.2, 0.25) is 5.02 Å². The van der Waals surface area contributed by atoms with E-state index >= 15 is 0 Å². The monoisotopic (exact) mass is 453 g/mol. The molecule has 7 heteroatoms. The fourth-order valence-electron chi connectivity index (χ4n) is 4.06. The van der Waals surface area contributed by atoms with Crippen molar-refractivity contribution in [3.05, 3.63) is 69.9 Å². The quantitative estimate of drug-likeness (QED) is 0.645. The number of nitrogens with zero attached hydrogens (tertiary/aromatic N) is 2. The van der Waals surface area contributed by atoms with Crippen molar-refractivity contribution in [1.82, 2.24) is 9.80 Å². The van der Waals surface area contributed by atoms with Gasteiger partial charge in [0.05, 0.1) is 18.8 Å². The van der Waals surface area contributed by atoms with E-state index < -0.39 is 0 Å². The highest BCUT2D eigenvalue weighted by molar-refractivity contribution is 6.37. The van der Waals surface area contributed by atoms with Crippen molar-refractivity contribution in [2.45, 2.75) is 20.3 Å². The molecule has 0 atom stereocenters. The summed E-state index contributed by atoms with van der Waals surface area (Å²) in [7, 11) is 0. The fraction of sp³-hybridized carbons (Fsp3) is 0.360. The third kappa shape index (κ3) is 4.88. The van der Waals surface area contributed by atoms with Crippen molar-refractivity contribution in [2.75, 3.05) is 44.7 Å². The highest BCUT2D eigenvalue weighted by Gasteiger charge is 2.39. The minimum absolute atomic E-state index is 0.271. The van der Waals surface area contributed by atoms with E-state index in [1.54, 1.807) is 24.3 Å². The highest BCUT2D eigenvalue weighted by Crippen LogP contribution is 2.32. The summed E-state index contributed by atoms with van der Waals surface area (Å²) < 4.78 is 5.39. The van der Waals surface area contributed by atoms with Crippen molar-refractivity contribution >= 4 is 34.7 Å². The van der Waals surface area contributed by atoms with Crippen LogP contribution in [0.15, 0.2) is 48.2 Å². The number of ether oxygens (including phenoxy) is 1. The average Bonchev–Trinajstić information content (AvgIpc) is 3.02. The minimum atomic E-state index is -0.289. The smallest absolute Gasteiger partial charge is 0.278 e. The van der Waals surface area contributed by atoms with E-state index in [0.717, 1.165) is 56.1 Å². The summed E-state index contributed by atoms with van der Waals surface area (Å²) in [6.45, 7) is 8.41. The SMILES string of the molecule is Cc1ccc(C)c(NC2=C(c3ccc(Cl)cc3)C(=O)N(CCCN3CCOCC3)C2=O)c1. The van der Waals surface area contributed by atoms with Crippen LogP contribution in [0.4, 0.5) is 5.69 Å². The number of benzene rings is 2. The average molecular weight is 454 g/mol. The lowest BCUT2D eigenvalue weighted by Gasteiger charge is -2.27. The van der Waals surface area contributed by atoms with Gasteiger partial charge in [-0.25, -0.2) is 0 Å². The zero-order valence-electron chi connectivity index (χ0n) is 18.5. The normalized spacial score (nSPS) is 17.4. The molecule has 168 valence electrons. The molecule has 0 bridgehead atoms. The molecule has 1 saturated heterocycles. The predicted octanol–water partition coefficient (Wildman–Crippen LogP) is 3.87. The molecule has 0 spiro atoms. The van der Waals surface area contributed by atoms with Gasteiger partial charge in [0.2, 0.25) is 0 Å². The number of hydrogen-bond acceptors (Lipinski definition) is 5. The Labute approximate surface area is 193 Å². The molecular formula is C25H28ClN3O3. The lowest BCUT2D eigenvalue weighted by atomic mass is 10.0. The summed E-state index contributed by atoms with van der Waals surface area (Å²) >= 11 is 6.05. The van der Waals surface area contributed by atoms with Gasteiger partial charge in [-0.15, -0.1) is 0 Å². The molecule has 0 aromatic heterocycles. The molecule has 2 amide bonds. The van der Waals surface area contributed by atoms with Gasteiger partial charge in [0, 0.05) is 36.9 Å². The number of rotatable bonds is 7. The minimum Gasteiger partial charge on any atom is -0.379 e. The first-order chi connectivity index (χ1) is 15.4. The van der Waals surface area contributed by atoms with Crippen LogP contribution in [0, 0.1) is 13.8 Å². The highest BCUT2D eigenvalue weighted by atomic mass is 35.5. The van der Waals surface area contributed by atoms with Gasteiger partial charge in [-0.1, -0.05) is 35.9 Å². The van der Waals surface area contributed by atoms with Gasteiger partial charge in [-0.2, -0.15) is 0 Å². The van der Waals surface area contributed by atoms with E-state index in [1.165, 1.54) is 4.90 Å². The molecule has 2 aliphatic rings. The zero-order valence-corrected chi connectivity index (χ0v) is 19.2. The van der Waals surface area contributed by atoms with Crippen LogP contribution in [-0.4, -0.2) is 61.0 Å². The number of morpholine rings is 1. The maximum atomic E-state index is 13.4. The molecule has 1 fully saturated rings. The second-order valence-electron chi connectivity index (χ2n) is 8.27. The molecule has 0 unspecified atom stereocenters. The molecule has 2 heterocycles. The summed E-state index contributed by atoms with van der Waals surface area (Å²) in [5.41, 5.74) is 4.28. The molecule has 4 rings (SSSR count). The number of nitrogens with one attached hydrogen (secondary N) is 1. The first-order valence-electron chi connectivity index (χ1n) is 10.9. The number of amides is 2. The number of halogens is 1. The maximum absolute atomic E-state index is 13.4. The number of imide groups is 1. The predicted molar refractivity (Wildman–Crippen MR) is 127 cm³/mol. The van der Waals surface area contributed by atoms with Crippen LogP contribution in [0.25, 0.3) is 5.57 Å². The van der Waals surface area contributed by atoms with Crippen molar-refractivity contribution in [2.24, 2.45) is 0 Å². The van der Waals surface area contributed by atoms with Crippen LogP contribution in [0.3, 0.4) is 0 Å². The van der Waals surface area contributed by atoms with Gasteiger partial charge in [-0.05, 0) is 55.2 Å². The lowest BCUT2D eigenvalue weighted by molar-refractivity contribution is -0.136. The number of hydrogen-bond donors (Lipinski definition) is 1. The Morgan fingerprint density at radius 1 is 0.969 bits per heavy atom. The largest absolute Gasteiger partial charge is 0.379 e. The van der Waals surface area contributed by atoms with E-state index in [4.69, 9.17) is 16.3 Å². The first-order valence-corrected chi connectivity index (χ1v) is 11.3. The summed E-state index contributed by atoms with van der Waals surface area (Å²) in [6.07, 6.45) is 0.724. The molecule has 0 saturated carbocycles. The summed E-state index contributed by atoms with van der Waals surface area (Å²) in [6, 6.07) is 13.0. The Morgan fingerprint density at radius 2 is 1.69 bits per heavy atom. The van der Waals surface area contributed by atoms with Crippen molar-refractivity contribution in [3.63, 3.8) is 0 Å². The Bertz CT molecular complexity index is 1040. The van der Waals surface area contributed by atoms with E-state index in [9.17, 15) is 9.59 Å². The van der Waals surface area contributed by atoms with E-state index in [0.29, 0.717) is 28.4 Å². The van der Waals surface area contributed by atoms with Gasteiger partial charge in [0.15, 0.2) is 0 Å². The molecule has 2 aliphatic heterocycles. The third-order valence-electron chi connectivity index (χ3n) is 5.91. The molecule has 1 N–H and O–H groups in total. The van der Waals surface area contributed by atoms with Gasteiger partial charge < -0.3 is 10.1 Å². The van der Waals surface area contributed by atoms with Crippen molar-refractivity contribution in [3.8, 4) is 0 Å². The number of anilines is 1. The standard InChI is InChI=1S/C25H28ClN3O3/c1-17-4-5-18(2)21(16-17)27-23-22(19-6-8-20(26)9-7-19)24(30)29(25(23)31)11-3-10-28-12-14-32-15-13-28/h4-9,16,27H,3,10-15H2,1-2H3. The van der Waals surface area contributed by atoms with Crippen LogP contribution >= 0.6 is 11.6 Å². The van der Waals surface area contributed by atoms with Crippen molar-refractivity contribution < 1.29 is 14.3 Å². The Kier molecular flexibility index (Phi) is 6.94. The second-order valence-corrected chi connectivity index (χ2v) is 8.71. The van der Waals surface area contributed by atoms with Crippen LogP contribution in [0.5, 0.6) is 0 Å². The van der Waals surface area contributed by atoms with E-state index in [1.807, 2.05) is 32.0 Å². The number of carbonyl (C=O) groups excluding carboxylic acids is 2. The zero-order chi connectivity index (χ0) is 22.7. The van der Waals surface area contributed by atoms with Gasteiger partial charge >= 0.3 is 0 Å². The molecule has 2 aromatic rings. The Hall–Kier alpha value is -2.67. The van der Waals surface area contributed by atoms with E-state index in [-0.39, 0.29) is 11.8 Å². The maximum Gasteiger partial charge on any atom is 0.278 e. The Morgan fingerprint density at radius 3 is 2.41 bits per heavy atom. The third-order valence-corrected chi connectivity index (χ3v) is 6.17. The number of aryl methyl sites for hydroxylation is 2. The van der Waals surface area contributed by atoms with Gasteiger partial charge in [0.1, 0.15) is 5.70 Å². The van der Waals surface area contributed by atoms with Gasteiger partial charge in [-0.3, -0.25) is 19.4 Å². The molecule has 0 radical (unpaired) electrons. The molecule has 2 aromatic carbocycles. The molecule has 0 aliphatic carbocycles. The molecular weight excluding hydrogens is 426 g/mol. The first kappa shape index (κ1) is 22.5. The molecule has 6 nitrogen and oxygen atoms in total. The van der Waals surface area contributed by atoms with Crippen LogP contribution in [0.1, 0.15) is 23.1 Å². The summed E-state index contributed by atoms with van der Waals surface area (Å²) in [5, 5.41) is 3.85. The lowest BCUT2D eigenvalue weighted by Crippen LogP contribution is -2.39. The fourth-order valence-corrected chi connectivity index (χ4v) is 4.19.